The van der Waals surface area contributed by atoms with Crippen LogP contribution in [0.4, 0.5) is 5.69 Å². The van der Waals surface area contributed by atoms with Gasteiger partial charge in [0.15, 0.2) is 5.05 Å². The van der Waals surface area contributed by atoms with Crippen molar-refractivity contribution in [2.24, 2.45) is 5.73 Å². The Morgan fingerprint density at radius 1 is 0.977 bits per heavy atom. The Hall–Kier alpha value is -3.31. The number of ether oxygens (including phenoxy) is 1. The summed E-state index contributed by atoms with van der Waals surface area (Å²) >= 11 is 4.64. The minimum atomic E-state index is -3.84. The fourth-order valence-corrected chi connectivity index (χ4v) is 5.51. The van der Waals surface area contributed by atoms with Gasteiger partial charge in [-0.25, -0.2) is 4.58 Å². The number of fused-ring (bicyclic) bond motifs is 2. The van der Waals surface area contributed by atoms with Crippen molar-refractivity contribution >= 4 is 44.0 Å². The maximum Gasteiger partial charge on any atom is 0.264 e. The van der Waals surface area contributed by atoms with Crippen LogP contribution in [0.5, 0.6) is 0 Å². The van der Waals surface area contributed by atoms with Crippen LogP contribution in [0, 0.1) is 0 Å². The SMILES string of the molecule is CCN(CC)c1ccc2c(-c3ccccc3)c3ccc(=[N+](CC)CC)cc-3oc2c1.CN.COC(=S)CCCS(=O)(=O)O. The Balaban J connectivity index is 0.000000422. The van der Waals surface area contributed by atoms with E-state index in [0.717, 1.165) is 48.5 Å². The molecule has 0 fully saturated rings. The zero-order valence-corrected chi connectivity index (χ0v) is 27.8. The third-order valence-electron chi connectivity index (χ3n) is 7.02. The molecule has 0 aromatic heterocycles. The molecule has 0 saturated heterocycles. The zero-order chi connectivity index (χ0) is 32.0. The van der Waals surface area contributed by atoms with Crippen molar-refractivity contribution in [2.45, 2.75) is 40.5 Å². The van der Waals surface area contributed by atoms with Gasteiger partial charge in [0, 0.05) is 53.8 Å². The van der Waals surface area contributed by atoms with Gasteiger partial charge in [-0.3, -0.25) is 4.55 Å². The molecule has 0 radical (unpaired) electrons. The fourth-order valence-electron chi connectivity index (χ4n) is 4.86. The van der Waals surface area contributed by atoms with Gasteiger partial charge in [0.25, 0.3) is 10.1 Å². The molecule has 0 spiro atoms. The monoisotopic (exact) mass is 628 g/mol. The molecular formula is C33H46N3O5S2+. The average molecular weight is 629 g/mol. The van der Waals surface area contributed by atoms with E-state index in [1.807, 2.05) is 0 Å². The highest BCUT2D eigenvalue weighted by atomic mass is 32.2. The number of rotatable bonds is 10. The quantitative estimate of drug-likeness (QED) is 0.0944. The topological polar surface area (TPSA) is 109 Å². The summed E-state index contributed by atoms with van der Waals surface area (Å²) in [5.74, 6) is 0.665. The second kappa shape index (κ2) is 17.7. The van der Waals surface area contributed by atoms with Gasteiger partial charge in [-0.05, 0) is 77.1 Å². The molecule has 1 aliphatic heterocycles. The summed E-state index contributed by atoms with van der Waals surface area (Å²) in [5.41, 5.74) is 10.2. The van der Waals surface area contributed by atoms with Crippen molar-refractivity contribution in [3.8, 4) is 22.5 Å². The lowest BCUT2D eigenvalue weighted by Crippen LogP contribution is -2.29. The molecule has 0 amide bonds. The van der Waals surface area contributed by atoms with E-state index in [4.69, 9.17) is 8.97 Å². The molecule has 2 aromatic carbocycles. The molecule has 2 aromatic rings. The van der Waals surface area contributed by atoms with Gasteiger partial charge in [0.2, 0.25) is 5.36 Å². The third-order valence-corrected chi connectivity index (χ3v) is 8.19. The highest BCUT2D eigenvalue weighted by Crippen LogP contribution is 2.40. The molecule has 2 aliphatic rings. The van der Waals surface area contributed by atoms with Gasteiger partial charge in [-0.15, -0.1) is 0 Å². The van der Waals surface area contributed by atoms with Gasteiger partial charge in [0.05, 0.1) is 18.9 Å². The lowest BCUT2D eigenvalue weighted by atomic mass is 9.93. The van der Waals surface area contributed by atoms with Gasteiger partial charge in [0.1, 0.15) is 24.4 Å². The van der Waals surface area contributed by atoms with E-state index < -0.39 is 10.1 Å². The Kier molecular flexibility index (Phi) is 14.8. The van der Waals surface area contributed by atoms with E-state index in [9.17, 15) is 8.42 Å². The van der Waals surface area contributed by atoms with Crippen LogP contribution >= 0.6 is 12.2 Å². The van der Waals surface area contributed by atoms with Crippen LogP contribution in [0.3, 0.4) is 0 Å². The first-order chi connectivity index (χ1) is 20.6. The standard InChI is InChI=1S/C27H31N2O.C5H10O4S2.CH5N/c1-5-28(6-2)21-14-16-23-25(18-21)30-26-19-22(29(7-3)8-4)15-17-24(26)27(23)20-12-10-9-11-13-20;1-9-5(10)3-2-4-11(6,7)8;1-2/h9-19H,5-8H2,1-4H3;2-4H2,1H3,(H,6,7,8);2H2,1H3/q+1;;. The number of anilines is 1. The third kappa shape index (κ3) is 10.1. The molecule has 1 aliphatic carbocycles. The van der Waals surface area contributed by atoms with Crippen molar-refractivity contribution < 1.29 is 22.1 Å². The van der Waals surface area contributed by atoms with Gasteiger partial charge >= 0.3 is 0 Å². The Morgan fingerprint density at radius 3 is 2.19 bits per heavy atom. The lowest BCUT2D eigenvalue weighted by Gasteiger charge is -2.22. The molecule has 0 atom stereocenters. The molecule has 234 valence electrons. The van der Waals surface area contributed by atoms with Crippen molar-refractivity contribution in [2.75, 3.05) is 51.0 Å². The van der Waals surface area contributed by atoms with E-state index in [1.165, 1.54) is 36.3 Å². The van der Waals surface area contributed by atoms with Gasteiger partial charge < -0.3 is 19.8 Å². The summed E-state index contributed by atoms with van der Waals surface area (Å²) in [6, 6.07) is 23.9. The molecule has 43 heavy (non-hydrogen) atoms. The highest BCUT2D eigenvalue weighted by molar-refractivity contribution is 7.85. The van der Waals surface area contributed by atoms with E-state index in [0.29, 0.717) is 17.9 Å². The smallest absolute Gasteiger partial charge is 0.264 e. The molecule has 10 heteroatoms. The molecule has 0 bridgehead atoms. The predicted octanol–water partition coefficient (Wildman–Crippen LogP) is 6.07. The number of nitrogens with two attached hydrogens (primary N) is 1. The molecule has 4 rings (SSSR count). The summed E-state index contributed by atoms with van der Waals surface area (Å²) in [6.07, 6.45) is 0.678. The predicted molar refractivity (Wildman–Crippen MR) is 184 cm³/mol. The summed E-state index contributed by atoms with van der Waals surface area (Å²) in [4.78, 5) is 2.35. The second-order valence-electron chi connectivity index (χ2n) is 9.51. The number of hydrogen-bond donors (Lipinski definition) is 2. The number of nitrogens with zero attached hydrogens (tertiary/aromatic N) is 2. The van der Waals surface area contributed by atoms with Crippen molar-refractivity contribution in [1.29, 1.82) is 0 Å². The normalized spacial score (nSPS) is 10.8. The summed E-state index contributed by atoms with van der Waals surface area (Å²) in [7, 11) is -0.917. The number of hydrogen-bond acceptors (Lipinski definition) is 7. The van der Waals surface area contributed by atoms with Crippen LogP contribution in [0.15, 0.2) is 71.1 Å². The number of benzene rings is 3. The van der Waals surface area contributed by atoms with Crippen molar-refractivity contribution in [3.63, 3.8) is 0 Å². The van der Waals surface area contributed by atoms with E-state index >= 15 is 0 Å². The first-order valence-corrected chi connectivity index (χ1v) is 16.7. The summed E-state index contributed by atoms with van der Waals surface area (Å²) in [6.45, 7) is 12.7. The Labute approximate surface area is 261 Å². The van der Waals surface area contributed by atoms with E-state index in [-0.39, 0.29) is 5.75 Å². The largest absolute Gasteiger partial charge is 0.490 e. The molecular weight excluding hydrogens is 583 g/mol. The number of methoxy groups -OCH3 is 1. The second-order valence-corrected chi connectivity index (χ2v) is 11.5. The van der Waals surface area contributed by atoms with Crippen LogP contribution in [-0.2, 0) is 14.9 Å². The molecule has 0 unspecified atom stereocenters. The van der Waals surface area contributed by atoms with Crippen LogP contribution in [0.2, 0.25) is 0 Å². The lowest BCUT2D eigenvalue weighted by molar-refractivity contribution is 0.401. The van der Waals surface area contributed by atoms with Crippen LogP contribution < -0.4 is 20.6 Å². The van der Waals surface area contributed by atoms with Crippen LogP contribution in [-0.4, -0.2) is 64.1 Å². The first kappa shape index (κ1) is 35.9. The maximum atomic E-state index is 10.2. The minimum Gasteiger partial charge on any atom is -0.490 e. The number of thiocarbonyl (C=S) groups is 1. The van der Waals surface area contributed by atoms with Crippen molar-refractivity contribution in [3.05, 3.63) is 72.1 Å². The summed E-state index contributed by atoms with van der Waals surface area (Å²) in [5, 5.41) is 2.71. The average Bonchev–Trinajstić information content (AvgIpc) is 3.02. The van der Waals surface area contributed by atoms with Gasteiger partial charge in [-0.1, -0.05) is 30.3 Å². The van der Waals surface area contributed by atoms with Crippen LogP contribution in [0.1, 0.15) is 40.5 Å². The van der Waals surface area contributed by atoms with Crippen LogP contribution in [0.25, 0.3) is 33.4 Å². The maximum absolute atomic E-state index is 10.2. The fraction of sp³-hybridized carbons (Fsp3) is 0.394. The van der Waals surface area contributed by atoms with E-state index in [1.54, 1.807) is 0 Å². The van der Waals surface area contributed by atoms with Crippen molar-refractivity contribution in [1.82, 2.24) is 4.58 Å². The molecule has 8 nitrogen and oxygen atoms in total. The van der Waals surface area contributed by atoms with Gasteiger partial charge in [-0.2, -0.15) is 8.42 Å². The Morgan fingerprint density at radius 2 is 1.63 bits per heavy atom. The Bertz CT molecular complexity index is 1590. The molecule has 3 N–H and O–H groups in total. The zero-order valence-electron chi connectivity index (χ0n) is 26.2. The van der Waals surface area contributed by atoms with E-state index in [2.05, 4.69) is 127 Å². The minimum absolute atomic E-state index is 0.267. The first-order valence-electron chi connectivity index (χ1n) is 14.6. The molecule has 0 saturated carbocycles. The molecule has 1 heterocycles. The summed E-state index contributed by atoms with van der Waals surface area (Å²) < 4.78 is 42.1. The highest BCUT2D eigenvalue weighted by Gasteiger charge is 2.19.